The maximum atomic E-state index is 3.49. The minimum Gasteiger partial charge on any atom is -0.316 e. The average molecular weight is 211 g/mol. The van der Waals surface area contributed by atoms with Crippen LogP contribution < -0.4 is 5.32 Å². The van der Waals surface area contributed by atoms with Crippen LogP contribution in [0, 0.1) is 11.8 Å². The van der Waals surface area contributed by atoms with Crippen LogP contribution in [0.25, 0.3) is 0 Å². The molecule has 1 unspecified atom stereocenters. The fourth-order valence-electron chi connectivity index (χ4n) is 2.84. The number of likely N-dealkylation sites (tertiary alicyclic amines) is 1. The van der Waals surface area contributed by atoms with Crippen molar-refractivity contribution in [3.63, 3.8) is 0 Å². The van der Waals surface area contributed by atoms with Crippen LogP contribution in [0.5, 0.6) is 0 Å². The first kappa shape index (κ1) is 11.4. The number of nitrogens with one attached hydrogen (secondary N) is 1. The molecule has 3 atom stereocenters. The van der Waals surface area contributed by atoms with Gasteiger partial charge in [0.2, 0.25) is 0 Å². The van der Waals surface area contributed by atoms with Crippen molar-refractivity contribution < 1.29 is 0 Å². The third-order valence-corrected chi connectivity index (χ3v) is 4.15. The van der Waals surface area contributed by atoms with Gasteiger partial charge in [-0.25, -0.2) is 0 Å². The molecular weight excluding hydrogens is 186 g/mol. The summed E-state index contributed by atoms with van der Waals surface area (Å²) in [5.74, 6) is 1.74. The molecule has 0 amide bonds. The molecule has 0 aromatic carbocycles. The van der Waals surface area contributed by atoms with Gasteiger partial charge in [0.15, 0.2) is 0 Å². The summed E-state index contributed by atoms with van der Waals surface area (Å²) >= 11 is 0. The number of rotatable bonds is 3. The van der Waals surface area contributed by atoms with E-state index < -0.39 is 0 Å². The highest BCUT2D eigenvalue weighted by molar-refractivity contribution is 4.86. The number of hydrogen-bond acceptors (Lipinski definition) is 3. The van der Waals surface area contributed by atoms with E-state index in [1.165, 1.54) is 39.1 Å². The van der Waals surface area contributed by atoms with Gasteiger partial charge in [-0.1, -0.05) is 6.92 Å². The van der Waals surface area contributed by atoms with E-state index in [1.807, 2.05) is 0 Å². The van der Waals surface area contributed by atoms with Crippen molar-refractivity contribution in [2.75, 3.05) is 46.8 Å². The van der Waals surface area contributed by atoms with Crippen molar-refractivity contribution in [3.8, 4) is 0 Å². The largest absolute Gasteiger partial charge is 0.316 e. The molecule has 0 saturated carbocycles. The highest BCUT2D eigenvalue weighted by atomic mass is 15.2. The Labute approximate surface area is 93.8 Å². The van der Waals surface area contributed by atoms with Crippen molar-refractivity contribution in [2.24, 2.45) is 11.8 Å². The second-order valence-electron chi connectivity index (χ2n) is 5.56. The molecule has 1 N–H and O–H groups in total. The summed E-state index contributed by atoms with van der Waals surface area (Å²) in [6.45, 7) is 8.70. The molecule has 88 valence electrons. The SMILES string of the molecule is C[C@@H]1CNC[C@H]1CN1CCC(N(C)C)C1. The van der Waals surface area contributed by atoms with Crippen LogP contribution in [-0.4, -0.2) is 62.7 Å². The Morgan fingerprint density at radius 2 is 2.13 bits per heavy atom. The summed E-state index contributed by atoms with van der Waals surface area (Å²) in [6.07, 6.45) is 1.35. The van der Waals surface area contributed by atoms with Crippen LogP contribution >= 0.6 is 0 Å². The van der Waals surface area contributed by atoms with Crippen LogP contribution in [0.3, 0.4) is 0 Å². The van der Waals surface area contributed by atoms with Crippen molar-refractivity contribution in [1.82, 2.24) is 15.1 Å². The Morgan fingerprint density at radius 3 is 2.67 bits per heavy atom. The lowest BCUT2D eigenvalue weighted by Crippen LogP contribution is -2.35. The van der Waals surface area contributed by atoms with Gasteiger partial charge in [-0.3, -0.25) is 0 Å². The maximum absolute atomic E-state index is 3.49. The third kappa shape index (κ3) is 2.71. The zero-order valence-corrected chi connectivity index (χ0v) is 10.4. The lowest BCUT2D eigenvalue weighted by Gasteiger charge is -2.24. The van der Waals surface area contributed by atoms with Gasteiger partial charge in [0.05, 0.1) is 0 Å². The van der Waals surface area contributed by atoms with Gasteiger partial charge in [0.1, 0.15) is 0 Å². The predicted molar refractivity (Wildman–Crippen MR) is 64.1 cm³/mol. The molecule has 0 bridgehead atoms. The number of hydrogen-bond donors (Lipinski definition) is 1. The minimum atomic E-state index is 0.787. The summed E-state index contributed by atoms with van der Waals surface area (Å²) in [5.41, 5.74) is 0. The smallest absolute Gasteiger partial charge is 0.0229 e. The number of nitrogens with zero attached hydrogens (tertiary/aromatic N) is 2. The Balaban J connectivity index is 1.77. The summed E-state index contributed by atoms with van der Waals surface area (Å²) in [7, 11) is 4.40. The highest BCUT2D eigenvalue weighted by Gasteiger charge is 2.29. The fraction of sp³-hybridized carbons (Fsp3) is 1.00. The third-order valence-electron chi connectivity index (χ3n) is 4.15. The van der Waals surface area contributed by atoms with Crippen molar-refractivity contribution in [3.05, 3.63) is 0 Å². The van der Waals surface area contributed by atoms with Gasteiger partial charge in [0.25, 0.3) is 0 Å². The first-order valence-electron chi connectivity index (χ1n) is 6.26. The van der Waals surface area contributed by atoms with E-state index in [0.717, 1.165) is 17.9 Å². The van der Waals surface area contributed by atoms with Crippen molar-refractivity contribution >= 4 is 0 Å². The summed E-state index contributed by atoms with van der Waals surface area (Å²) in [4.78, 5) is 5.02. The molecule has 2 heterocycles. The molecule has 2 aliphatic rings. The van der Waals surface area contributed by atoms with Crippen LogP contribution in [0.2, 0.25) is 0 Å². The van der Waals surface area contributed by atoms with Crippen LogP contribution in [0.4, 0.5) is 0 Å². The van der Waals surface area contributed by atoms with Gasteiger partial charge in [-0.15, -0.1) is 0 Å². The molecule has 3 nitrogen and oxygen atoms in total. The summed E-state index contributed by atoms with van der Waals surface area (Å²) in [5, 5.41) is 3.49. The quantitative estimate of drug-likeness (QED) is 0.732. The van der Waals surface area contributed by atoms with Gasteiger partial charge in [-0.2, -0.15) is 0 Å². The standard InChI is InChI=1S/C12H25N3/c1-10-6-13-7-11(10)8-15-5-4-12(9-15)14(2)3/h10-13H,4-9H2,1-3H3/t10-,11+,12?/m1/s1. The van der Waals surface area contributed by atoms with E-state index in [-0.39, 0.29) is 0 Å². The van der Waals surface area contributed by atoms with Gasteiger partial charge in [0, 0.05) is 19.1 Å². The summed E-state index contributed by atoms with van der Waals surface area (Å²) < 4.78 is 0. The monoisotopic (exact) mass is 211 g/mol. The molecular formula is C12H25N3. The van der Waals surface area contributed by atoms with Gasteiger partial charge < -0.3 is 15.1 Å². The van der Waals surface area contributed by atoms with Gasteiger partial charge in [-0.05, 0) is 52.0 Å². The predicted octanol–water partition coefficient (Wildman–Crippen LogP) is 0.478. The van der Waals surface area contributed by atoms with E-state index >= 15 is 0 Å². The van der Waals surface area contributed by atoms with Crippen LogP contribution in [0.1, 0.15) is 13.3 Å². The molecule has 0 radical (unpaired) electrons. The topological polar surface area (TPSA) is 18.5 Å². The fourth-order valence-corrected chi connectivity index (χ4v) is 2.84. The van der Waals surface area contributed by atoms with E-state index in [1.54, 1.807) is 0 Å². The van der Waals surface area contributed by atoms with Crippen molar-refractivity contribution in [1.29, 1.82) is 0 Å². The molecule has 0 aromatic rings. The molecule has 0 aromatic heterocycles. The molecule has 2 aliphatic heterocycles. The molecule has 0 aliphatic carbocycles. The Bertz CT molecular complexity index is 205. The van der Waals surface area contributed by atoms with Crippen LogP contribution in [-0.2, 0) is 0 Å². The second-order valence-corrected chi connectivity index (χ2v) is 5.56. The molecule has 15 heavy (non-hydrogen) atoms. The molecule has 0 spiro atoms. The van der Waals surface area contributed by atoms with Crippen molar-refractivity contribution in [2.45, 2.75) is 19.4 Å². The van der Waals surface area contributed by atoms with Gasteiger partial charge >= 0.3 is 0 Å². The highest BCUT2D eigenvalue weighted by Crippen LogP contribution is 2.20. The lowest BCUT2D eigenvalue weighted by molar-refractivity contribution is 0.232. The molecule has 2 fully saturated rings. The lowest BCUT2D eigenvalue weighted by atomic mass is 9.98. The Morgan fingerprint density at radius 1 is 1.33 bits per heavy atom. The van der Waals surface area contributed by atoms with E-state index in [0.29, 0.717) is 0 Å². The molecule has 2 rings (SSSR count). The average Bonchev–Trinajstić information content (AvgIpc) is 2.77. The number of likely N-dealkylation sites (N-methyl/N-ethyl adjacent to an activating group) is 1. The zero-order chi connectivity index (χ0) is 10.8. The first-order chi connectivity index (χ1) is 7.16. The normalized spacial score (nSPS) is 38.0. The maximum Gasteiger partial charge on any atom is 0.0229 e. The van der Waals surface area contributed by atoms with E-state index in [2.05, 4.69) is 36.1 Å². The Hall–Kier alpha value is -0.120. The zero-order valence-electron chi connectivity index (χ0n) is 10.4. The minimum absolute atomic E-state index is 0.787. The second kappa shape index (κ2) is 4.81. The van der Waals surface area contributed by atoms with Crippen LogP contribution in [0.15, 0.2) is 0 Å². The summed E-state index contributed by atoms with van der Waals surface area (Å²) in [6, 6.07) is 0.787. The molecule has 3 heteroatoms. The van der Waals surface area contributed by atoms with E-state index in [9.17, 15) is 0 Å². The Kier molecular flexibility index (Phi) is 3.65. The van der Waals surface area contributed by atoms with E-state index in [4.69, 9.17) is 0 Å². The molecule has 2 saturated heterocycles. The first-order valence-corrected chi connectivity index (χ1v) is 6.26.